The lowest BCUT2D eigenvalue weighted by Crippen LogP contribution is -1.95. The average molecular weight is 190 g/mol. The zero-order valence-corrected chi connectivity index (χ0v) is 8.47. The van der Waals surface area contributed by atoms with E-state index < -0.39 is 0 Å². The first-order valence-corrected chi connectivity index (χ1v) is 6.11. The van der Waals surface area contributed by atoms with Crippen LogP contribution in [0.3, 0.4) is 0 Å². The van der Waals surface area contributed by atoms with Crippen LogP contribution < -0.4 is 0 Å². The Morgan fingerprint density at radius 1 is 1.45 bits per heavy atom. The number of carbonyl (C=O) groups is 1. The van der Waals surface area contributed by atoms with Gasteiger partial charge in [-0.3, -0.25) is 0 Å². The van der Waals surface area contributed by atoms with Gasteiger partial charge in [0.1, 0.15) is 5.78 Å². The molecule has 0 amide bonds. The van der Waals surface area contributed by atoms with Gasteiger partial charge in [-0.2, -0.15) is 0 Å². The summed E-state index contributed by atoms with van der Waals surface area (Å²) in [5, 5.41) is 0. The standard InChI is InChI=1S/C8H14OS2/c1-7(9)3-2-4-8-10-5-6-11-8/h8H,2-6H2,1H3. The molecule has 0 bridgehead atoms. The number of hydrogen-bond donors (Lipinski definition) is 0. The van der Waals surface area contributed by atoms with E-state index in [9.17, 15) is 4.79 Å². The first-order chi connectivity index (χ1) is 5.29. The molecule has 0 spiro atoms. The van der Waals surface area contributed by atoms with Crippen LogP contribution in [0.5, 0.6) is 0 Å². The molecule has 0 aliphatic carbocycles. The lowest BCUT2D eigenvalue weighted by molar-refractivity contribution is -0.117. The Balaban J connectivity index is 1.98. The van der Waals surface area contributed by atoms with Crippen LogP contribution in [0.2, 0.25) is 0 Å². The molecule has 3 heteroatoms. The third-order valence-corrected chi connectivity index (χ3v) is 4.83. The monoisotopic (exact) mass is 190 g/mol. The van der Waals surface area contributed by atoms with Crippen LogP contribution >= 0.6 is 23.5 Å². The summed E-state index contributed by atoms with van der Waals surface area (Å²) in [4.78, 5) is 10.6. The summed E-state index contributed by atoms with van der Waals surface area (Å²) in [5.74, 6) is 2.93. The van der Waals surface area contributed by atoms with Gasteiger partial charge in [-0.25, -0.2) is 0 Å². The molecule has 0 aromatic rings. The summed E-state index contributed by atoms with van der Waals surface area (Å²) in [6.45, 7) is 1.68. The van der Waals surface area contributed by atoms with Gasteiger partial charge in [-0.1, -0.05) is 0 Å². The normalized spacial score (nSPS) is 19.0. The largest absolute Gasteiger partial charge is 0.300 e. The molecule has 1 nitrogen and oxygen atoms in total. The van der Waals surface area contributed by atoms with Crippen molar-refractivity contribution in [3.05, 3.63) is 0 Å². The van der Waals surface area contributed by atoms with E-state index in [2.05, 4.69) is 0 Å². The van der Waals surface area contributed by atoms with E-state index in [1.54, 1.807) is 6.92 Å². The summed E-state index contributed by atoms with van der Waals surface area (Å²) in [6.07, 6.45) is 3.08. The summed E-state index contributed by atoms with van der Waals surface area (Å²) in [6, 6.07) is 0. The Kier molecular flexibility index (Phi) is 4.38. The molecule has 0 radical (unpaired) electrons. The number of ketones is 1. The lowest BCUT2D eigenvalue weighted by Gasteiger charge is -2.04. The van der Waals surface area contributed by atoms with Crippen LogP contribution in [0.4, 0.5) is 0 Å². The molecule has 0 atom stereocenters. The highest BCUT2D eigenvalue weighted by molar-refractivity contribution is 8.20. The Bertz CT molecular complexity index is 130. The molecule has 11 heavy (non-hydrogen) atoms. The quantitative estimate of drug-likeness (QED) is 0.678. The summed E-state index contributed by atoms with van der Waals surface area (Å²) in [5.41, 5.74) is 0. The number of carbonyl (C=O) groups excluding carboxylic acids is 1. The Morgan fingerprint density at radius 3 is 2.64 bits per heavy atom. The van der Waals surface area contributed by atoms with Crippen molar-refractivity contribution in [2.45, 2.75) is 30.8 Å². The molecule has 0 unspecified atom stereocenters. The van der Waals surface area contributed by atoms with Gasteiger partial charge in [0.05, 0.1) is 4.58 Å². The Hall–Kier alpha value is 0.370. The molecule has 1 aliphatic heterocycles. The molecule has 1 heterocycles. The van der Waals surface area contributed by atoms with Crippen molar-refractivity contribution in [1.29, 1.82) is 0 Å². The maximum atomic E-state index is 10.6. The number of hydrogen-bond acceptors (Lipinski definition) is 3. The third kappa shape index (κ3) is 4.06. The molecule has 1 aliphatic rings. The van der Waals surface area contributed by atoms with E-state index in [0.717, 1.165) is 17.4 Å². The second kappa shape index (κ2) is 5.09. The van der Waals surface area contributed by atoms with Crippen molar-refractivity contribution in [3.63, 3.8) is 0 Å². The van der Waals surface area contributed by atoms with Crippen molar-refractivity contribution >= 4 is 29.3 Å². The van der Waals surface area contributed by atoms with Crippen LogP contribution in [0.1, 0.15) is 26.2 Å². The van der Waals surface area contributed by atoms with Gasteiger partial charge in [0.2, 0.25) is 0 Å². The number of thioether (sulfide) groups is 2. The molecule has 0 N–H and O–H groups in total. The number of rotatable bonds is 4. The summed E-state index contributed by atoms with van der Waals surface area (Å²) < 4.78 is 0.786. The SMILES string of the molecule is CC(=O)CCCC1SCCS1. The molecule has 0 aromatic carbocycles. The first-order valence-electron chi connectivity index (χ1n) is 4.01. The van der Waals surface area contributed by atoms with E-state index in [-0.39, 0.29) is 0 Å². The second-order valence-corrected chi connectivity index (χ2v) is 5.69. The molecule has 0 saturated carbocycles. The van der Waals surface area contributed by atoms with Gasteiger partial charge < -0.3 is 4.79 Å². The summed E-state index contributed by atoms with van der Waals surface area (Å²) >= 11 is 4.09. The molecule has 64 valence electrons. The van der Waals surface area contributed by atoms with Crippen molar-refractivity contribution in [2.75, 3.05) is 11.5 Å². The zero-order chi connectivity index (χ0) is 8.10. The fourth-order valence-electron chi connectivity index (χ4n) is 1.09. The van der Waals surface area contributed by atoms with Crippen molar-refractivity contribution < 1.29 is 4.79 Å². The predicted molar refractivity (Wildman–Crippen MR) is 53.2 cm³/mol. The van der Waals surface area contributed by atoms with Crippen LogP contribution in [0, 0.1) is 0 Å². The zero-order valence-electron chi connectivity index (χ0n) is 6.84. The molecule has 1 saturated heterocycles. The van der Waals surface area contributed by atoms with Gasteiger partial charge in [0.25, 0.3) is 0 Å². The molecule has 1 rings (SSSR count). The number of Topliss-reactive ketones (excluding diaryl/α,β-unsaturated/α-hetero) is 1. The maximum absolute atomic E-state index is 10.6. The van der Waals surface area contributed by atoms with E-state index in [1.807, 2.05) is 23.5 Å². The highest BCUT2D eigenvalue weighted by Crippen LogP contribution is 2.35. The minimum Gasteiger partial charge on any atom is -0.300 e. The fraction of sp³-hybridized carbons (Fsp3) is 0.875. The minimum atomic E-state index is 0.331. The maximum Gasteiger partial charge on any atom is 0.129 e. The second-order valence-electron chi connectivity index (χ2n) is 2.77. The van der Waals surface area contributed by atoms with Gasteiger partial charge in [-0.15, -0.1) is 23.5 Å². The van der Waals surface area contributed by atoms with Gasteiger partial charge in [-0.05, 0) is 19.8 Å². The Morgan fingerprint density at radius 2 is 2.09 bits per heavy atom. The molecular formula is C8H14OS2. The smallest absolute Gasteiger partial charge is 0.129 e. The fourth-order valence-corrected chi connectivity index (χ4v) is 4.02. The average Bonchev–Trinajstić information content (AvgIpc) is 2.39. The van der Waals surface area contributed by atoms with Crippen LogP contribution in [0.25, 0.3) is 0 Å². The minimum absolute atomic E-state index is 0.331. The van der Waals surface area contributed by atoms with Crippen molar-refractivity contribution in [2.24, 2.45) is 0 Å². The predicted octanol–water partition coefficient (Wildman–Crippen LogP) is 2.55. The van der Waals surface area contributed by atoms with Crippen LogP contribution in [0.15, 0.2) is 0 Å². The molecule has 1 fully saturated rings. The van der Waals surface area contributed by atoms with Crippen molar-refractivity contribution in [1.82, 2.24) is 0 Å². The lowest BCUT2D eigenvalue weighted by atomic mass is 10.2. The highest BCUT2D eigenvalue weighted by Gasteiger charge is 2.15. The van der Waals surface area contributed by atoms with E-state index in [4.69, 9.17) is 0 Å². The Labute approximate surface area is 76.7 Å². The first kappa shape index (κ1) is 9.46. The highest BCUT2D eigenvalue weighted by atomic mass is 32.2. The topological polar surface area (TPSA) is 17.1 Å². The van der Waals surface area contributed by atoms with Crippen molar-refractivity contribution in [3.8, 4) is 0 Å². The third-order valence-electron chi connectivity index (χ3n) is 1.66. The molecule has 0 aromatic heterocycles. The summed E-state index contributed by atoms with van der Waals surface area (Å²) in [7, 11) is 0. The van der Waals surface area contributed by atoms with Crippen LogP contribution in [-0.2, 0) is 4.79 Å². The van der Waals surface area contributed by atoms with E-state index in [0.29, 0.717) is 5.78 Å². The van der Waals surface area contributed by atoms with Crippen LogP contribution in [-0.4, -0.2) is 21.9 Å². The molecular weight excluding hydrogens is 176 g/mol. The van der Waals surface area contributed by atoms with E-state index >= 15 is 0 Å². The van der Waals surface area contributed by atoms with Gasteiger partial charge in [0, 0.05) is 17.9 Å². The van der Waals surface area contributed by atoms with Gasteiger partial charge >= 0.3 is 0 Å². The van der Waals surface area contributed by atoms with E-state index in [1.165, 1.54) is 17.9 Å². The van der Waals surface area contributed by atoms with Gasteiger partial charge in [0.15, 0.2) is 0 Å².